The van der Waals surface area contributed by atoms with Gasteiger partial charge in [-0.15, -0.1) is 0 Å². The molecule has 0 amide bonds. The van der Waals surface area contributed by atoms with Crippen molar-refractivity contribution in [1.82, 2.24) is 5.32 Å². The number of fused-ring (bicyclic) bond motifs is 1. The summed E-state index contributed by atoms with van der Waals surface area (Å²) in [7, 11) is 0. The molecule has 0 bridgehead atoms. The molecule has 86 valence electrons. The molecule has 1 aromatic carbocycles. The van der Waals surface area contributed by atoms with Gasteiger partial charge in [0.25, 0.3) is 0 Å². The molecular weight excluding hydrogens is 202 g/mol. The first-order valence-electron chi connectivity index (χ1n) is 5.98. The van der Waals surface area contributed by atoms with Gasteiger partial charge in [0.2, 0.25) is 6.79 Å². The molecule has 0 spiro atoms. The van der Waals surface area contributed by atoms with Crippen LogP contribution in [0.15, 0.2) is 12.1 Å². The van der Waals surface area contributed by atoms with Gasteiger partial charge in [-0.05, 0) is 49.6 Å². The van der Waals surface area contributed by atoms with Crippen LogP contribution in [0.4, 0.5) is 0 Å². The Hall–Kier alpha value is -1.22. The van der Waals surface area contributed by atoms with E-state index in [9.17, 15) is 0 Å². The molecule has 0 aromatic heterocycles. The summed E-state index contributed by atoms with van der Waals surface area (Å²) in [5.41, 5.74) is 2.66. The second kappa shape index (κ2) is 3.98. The van der Waals surface area contributed by atoms with E-state index in [1.807, 2.05) is 0 Å². The van der Waals surface area contributed by atoms with Crippen LogP contribution in [0.2, 0.25) is 0 Å². The average molecular weight is 219 g/mol. The fourth-order valence-corrected chi connectivity index (χ4v) is 2.55. The number of benzene rings is 1. The Kier molecular flexibility index (Phi) is 2.48. The fourth-order valence-electron chi connectivity index (χ4n) is 2.55. The summed E-state index contributed by atoms with van der Waals surface area (Å²) in [6.45, 7) is 3.63. The van der Waals surface area contributed by atoms with Gasteiger partial charge in [-0.25, -0.2) is 0 Å². The van der Waals surface area contributed by atoms with Gasteiger partial charge in [0.15, 0.2) is 11.5 Å². The molecule has 0 radical (unpaired) electrons. The Morgan fingerprint density at radius 2 is 2.00 bits per heavy atom. The van der Waals surface area contributed by atoms with Gasteiger partial charge >= 0.3 is 0 Å². The molecule has 2 heterocycles. The van der Waals surface area contributed by atoms with Gasteiger partial charge in [-0.1, -0.05) is 6.42 Å². The van der Waals surface area contributed by atoms with Gasteiger partial charge in [-0.2, -0.15) is 0 Å². The van der Waals surface area contributed by atoms with E-state index in [-0.39, 0.29) is 0 Å². The van der Waals surface area contributed by atoms with Crippen LogP contribution in [0.1, 0.15) is 36.4 Å². The smallest absolute Gasteiger partial charge is 0.231 e. The van der Waals surface area contributed by atoms with Crippen molar-refractivity contribution in [3.05, 3.63) is 23.3 Å². The molecule has 1 saturated heterocycles. The second-order valence-corrected chi connectivity index (χ2v) is 4.56. The maximum Gasteiger partial charge on any atom is 0.231 e. The average Bonchev–Trinajstić information content (AvgIpc) is 2.76. The minimum absolute atomic E-state index is 0.357. The molecule has 0 saturated carbocycles. The third-order valence-electron chi connectivity index (χ3n) is 3.45. The minimum atomic E-state index is 0.357. The van der Waals surface area contributed by atoms with Crippen LogP contribution in [0, 0.1) is 6.92 Å². The number of piperidine rings is 1. The third-order valence-corrected chi connectivity index (χ3v) is 3.45. The number of aryl methyl sites for hydroxylation is 1. The Morgan fingerprint density at radius 1 is 1.19 bits per heavy atom. The van der Waals surface area contributed by atoms with Crippen LogP contribution >= 0.6 is 0 Å². The Bertz CT molecular complexity index is 397. The largest absolute Gasteiger partial charge is 0.454 e. The summed E-state index contributed by atoms with van der Waals surface area (Å²) in [4.78, 5) is 0. The molecule has 0 aliphatic carbocycles. The number of hydrogen-bond acceptors (Lipinski definition) is 3. The second-order valence-electron chi connectivity index (χ2n) is 4.56. The summed E-state index contributed by atoms with van der Waals surface area (Å²) in [5, 5.41) is 3.57. The zero-order chi connectivity index (χ0) is 11.0. The molecule has 1 atom stereocenters. The quantitative estimate of drug-likeness (QED) is 0.787. The minimum Gasteiger partial charge on any atom is -0.454 e. The van der Waals surface area contributed by atoms with Crippen molar-refractivity contribution in [3.63, 3.8) is 0 Å². The lowest BCUT2D eigenvalue weighted by molar-refractivity contribution is 0.174. The van der Waals surface area contributed by atoms with Crippen molar-refractivity contribution in [1.29, 1.82) is 0 Å². The van der Waals surface area contributed by atoms with E-state index in [4.69, 9.17) is 9.47 Å². The zero-order valence-electron chi connectivity index (χ0n) is 9.58. The maximum atomic E-state index is 5.43. The van der Waals surface area contributed by atoms with Crippen molar-refractivity contribution in [2.45, 2.75) is 32.2 Å². The predicted molar refractivity (Wildman–Crippen MR) is 61.9 cm³/mol. The highest BCUT2D eigenvalue weighted by molar-refractivity contribution is 5.49. The molecule has 1 aromatic rings. The fraction of sp³-hybridized carbons (Fsp3) is 0.538. The highest BCUT2D eigenvalue weighted by Gasteiger charge is 2.21. The van der Waals surface area contributed by atoms with E-state index >= 15 is 0 Å². The van der Waals surface area contributed by atoms with Crippen LogP contribution in [0.5, 0.6) is 11.5 Å². The number of nitrogens with one attached hydrogen (secondary N) is 1. The normalized spacial score (nSPS) is 23.4. The van der Waals surface area contributed by atoms with Crippen molar-refractivity contribution in [2.24, 2.45) is 0 Å². The van der Waals surface area contributed by atoms with Gasteiger partial charge in [0.1, 0.15) is 0 Å². The van der Waals surface area contributed by atoms with Crippen LogP contribution in [0.25, 0.3) is 0 Å². The van der Waals surface area contributed by atoms with E-state index in [0.29, 0.717) is 12.8 Å². The van der Waals surface area contributed by atoms with Crippen molar-refractivity contribution in [3.8, 4) is 11.5 Å². The maximum absolute atomic E-state index is 5.43. The molecule has 3 rings (SSSR count). The topological polar surface area (TPSA) is 30.5 Å². The van der Waals surface area contributed by atoms with Crippen LogP contribution in [0.3, 0.4) is 0 Å². The molecule has 2 aliphatic heterocycles. The summed E-state index contributed by atoms with van der Waals surface area (Å²) in [5.74, 6) is 1.78. The Balaban J connectivity index is 1.94. The lowest BCUT2D eigenvalue weighted by Crippen LogP contribution is -2.27. The molecule has 16 heavy (non-hydrogen) atoms. The van der Waals surface area contributed by atoms with Crippen LogP contribution in [-0.2, 0) is 0 Å². The zero-order valence-corrected chi connectivity index (χ0v) is 9.58. The monoisotopic (exact) mass is 219 g/mol. The highest BCUT2D eigenvalue weighted by Crippen LogP contribution is 2.37. The van der Waals surface area contributed by atoms with Crippen LogP contribution in [-0.4, -0.2) is 13.3 Å². The lowest BCUT2D eigenvalue weighted by atomic mass is 9.94. The Labute approximate surface area is 95.8 Å². The summed E-state index contributed by atoms with van der Waals surface area (Å²) >= 11 is 0. The third kappa shape index (κ3) is 1.65. The Morgan fingerprint density at radius 3 is 2.75 bits per heavy atom. The SMILES string of the molecule is Cc1cc2c(cc1C1CCCCN1)OCO2. The first-order chi connectivity index (χ1) is 7.84. The first kappa shape index (κ1) is 9.97. The molecule has 3 heteroatoms. The van der Waals surface area contributed by atoms with E-state index in [0.717, 1.165) is 18.0 Å². The number of ether oxygens (including phenoxy) is 2. The molecule has 1 fully saturated rings. The van der Waals surface area contributed by atoms with E-state index < -0.39 is 0 Å². The summed E-state index contributed by atoms with van der Waals surface area (Å²) in [6.07, 6.45) is 3.83. The van der Waals surface area contributed by atoms with E-state index in [2.05, 4.69) is 24.4 Å². The van der Waals surface area contributed by atoms with E-state index in [1.54, 1.807) is 0 Å². The van der Waals surface area contributed by atoms with E-state index in [1.165, 1.54) is 30.4 Å². The first-order valence-corrected chi connectivity index (χ1v) is 5.98. The van der Waals surface area contributed by atoms with Crippen molar-refractivity contribution in [2.75, 3.05) is 13.3 Å². The number of hydrogen-bond donors (Lipinski definition) is 1. The molecule has 1 N–H and O–H groups in total. The number of rotatable bonds is 1. The van der Waals surface area contributed by atoms with Crippen LogP contribution < -0.4 is 14.8 Å². The van der Waals surface area contributed by atoms with Crippen molar-refractivity contribution >= 4 is 0 Å². The standard InChI is InChI=1S/C13H17NO2/c1-9-6-12-13(16-8-15-12)7-10(9)11-4-2-3-5-14-11/h6-7,11,14H,2-5,8H2,1H3. The van der Waals surface area contributed by atoms with Gasteiger partial charge < -0.3 is 14.8 Å². The van der Waals surface area contributed by atoms with Gasteiger partial charge in [0, 0.05) is 6.04 Å². The summed E-state index contributed by atoms with van der Waals surface area (Å²) < 4.78 is 10.8. The molecule has 2 aliphatic rings. The predicted octanol–water partition coefficient (Wildman–Crippen LogP) is 2.54. The highest BCUT2D eigenvalue weighted by atomic mass is 16.7. The van der Waals surface area contributed by atoms with Gasteiger partial charge in [0.05, 0.1) is 0 Å². The van der Waals surface area contributed by atoms with Crippen molar-refractivity contribution < 1.29 is 9.47 Å². The van der Waals surface area contributed by atoms with Gasteiger partial charge in [-0.3, -0.25) is 0 Å². The molecular formula is C13H17NO2. The molecule has 3 nitrogen and oxygen atoms in total. The molecule has 1 unspecified atom stereocenters. The lowest BCUT2D eigenvalue weighted by Gasteiger charge is -2.25. The summed E-state index contributed by atoms with van der Waals surface area (Å²) in [6, 6.07) is 4.72.